The molecule has 1 aromatic carbocycles. The number of rotatable bonds is 2. The molecule has 0 bridgehead atoms. The standard InChI is InChI=1S/C8H5I3N2O3/c9-3-1(7(13)14)4(10)5(11)6(12)2(3)8(15)16/h12H2,(H2,13,14)(H,15,16). The number of nitrogen functional groups attached to an aromatic ring is 1. The Bertz CT molecular complexity index is 461. The molecule has 0 heterocycles. The summed E-state index contributed by atoms with van der Waals surface area (Å²) in [4.78, 5) is 22.3. The smallest absolute Gasteiger partial charge is 0.338 e. The average molecular weight is 558 g/mol. The van der Waals surface area contributed by atoms with Gasteiger partial charge in [-0.25, -0.2) is 4.79 Å². The largest absolute Gasteiger partial charge is 0.478 e. The highest BCUT2D eigenvalue weighted by molar-refractivity contribution is 14.1. The van der Waals surface area contributed by atoms with Gasteiger partial charge < -0.3 is 16.6 Å². The van der Waals surface area contributed by atoms with Crippen LogP contribution >= 0.6 is 67.8 Å². The molecule has 0 aliphatic heterocycles. The molecule has 0 saturated heterocycles. The van der Waals surface area contributed by atoms with Crippen LogP contribution in [-0.2, 0) is 0 Å². The quantitative estimate of drug-likeness (QED) is 0.293. The van der Waals surface area contributed by atoms with Gasteiger partial charge in [0.25, 0.3) is 5.91 Å². The zero-order chi connectivity index (χ0) is 12.6. The van der Waals surface area contributed by atoms with Gasteiger partial charge in [-0.2, -0.15) is 0 Å². The monoisotopic (exact) mass is 558 g/mol. The van der Waals surface area contributed by atoms with Crippen LogP contribution < -0.4 is 11.5 Å². The minimum atomic E-state index is -1.17. The molecular formula is C8H5I3N2O3. The Labute approximate surface area is 132 Å². The van der Waals surface area contributed by atoms with E-state index in [2.05, 4.69) is 0 Å². The summed E-state index contributed by atoms with van der Waals surface area (Å²) in [5.74, 6) is -1.83. The van der Waals surface area contributed by atoms with E-state index >= 15 is 0 Å². The lowest BCUT2D eigenvalue weighted by Gasteiger charge is -2.12. The molecule has 0 fully saturated rings. The lowest BCUT2D eigenvalue weighted by Crippen LogP contribution is -2.20. The fourth-order valence-corrected chi connectivity index (χ4v) is 4.04. The minimum absolute atomic E-state index is 0.0702. The van der Waals surface area contributed by atoms with Crippen LogP contribution in [0.2, 0.25) is 0 Å². The van der Waals surface area contributed by atoms with Crippen molar-refractivity contribution < 1.29 is 14.7 Å². The molecule has 1 rings (SSSR count). The number of benzene rings is 1. The van der Waals surface area contributed by atoms with E-state index in [-0.39, 0.29) is 20.4 Å². The maximum atomic E-state index is 11.3. The number of halogens is 3. The first kappa shape index (κ1) is 14.2. The maximum Gasteiger partial charge on any atom is 0.338 e. The molecule has 0 unspecified atom stereocenters. The normalized spacial score (nSPS) is 10.2. The van der Waals surface area contributed by atoms with Crippen molar-refractivity contribution in [1.82, 2.24) is 0 Å². The Balaban J connectivity index is 3.80. The Morgan fingerprint density at radius 3 is 1.88 bits per heavy atom. The fourth-order valence-electron chi connectivity index (χ4n) is 1.10. The summed E-state index contributed by atoms with van der Waals surface area (Å²) < 4.78 is 1.39. The van der Waals surface area contributed by atoms with Crippen LogP contribution in [0.3, 0.4) is 0 Å². The molecular weight excluding hydrogens is 553 g/mol. The van der Waals surface area contributed by atoms with E-state index in [1.807, 2.05) is 45.2 Å². The third-order valence-electron chi connectivity index (χ3n) is 1.82. The van der Waals surface area contributed by atoms with Gasteiger partial charge in [-0.15, -0.1) is 0 Å². The summed E-state index contributed by atoms with van der Waals surface area (Å²) in [6, 6.07) is 0. The molecule has 0 atom stereocenters. The summed E-state index contributed by atoms with van der Waals surface area (Å²) in [6.07, 6.45) is 0. The Morgan fingerprint density at radius 1 is 1.00 bits per heavy atom. The molecule has 0 radical (unpaired) electrons. The predicted octanol–water partition coefficient (Wildman–Crippen LogP) is 1.88. The van der Waals surface area contributed by atoms with Gasteiger partial charge in [0, 0.05) is 7.14 Å². The van der Waals surface area contributed by atoms with Gasteiger partial charge in [-0.05, 0) is 67.8 Å². The number of primary amides is 1. The number of aromatic carboxylic acids is 1. The molecule has 0 aliphatic rings. The van der Waals surface area contributed by atoms with Crippen molar-refractivity contribution in [2.45, 2.75) is 0 Å². The van der Waals surface area contributed by atoms with Crippen LogP contribution in [0, 0.1) is 10.7 Å². The molecule has 0 spiro atoms. The highest BCUT2D eigenvalue weighted by Gasteiger charge is 2.25. The number of carboxylic acids is 1. The lowest BCUT2D eigenvalue weighted by atomic mass is 10.1. The van der Waals surface area contributed by atoms with Crippen molar-refractivity contribution in [3.05, 3.63) is 21.8 Å². The Kier molecular flexibility index (Phi) is 4.62. The molecule has 1 amide bonds. The van der Waals surface area contributed by atoms with E-state index in [4.69, 9.17) is 16.6 Å². The molecule has 0 saturated carbocycles. The van der Waals surface area contributed by atoms with Gasteiger partial charge in [0.2, 0.25) is 0 Å². The van der Waals surface area contributed by atoms with Crippen molar-refractivity contribution in [3.8, 4) is 0 Å². The summed E-state index contributed by atoms with van der Waals surface area (Å²) >= 11 is 5.59. The first-order valence-electron chi connectivity index (χ1n) is 3.78. The Hall–Kier alpha value is 0.150. The summed E-state index contributed by atoms with van der Waals surface area (Å²) in [5, 5.41) is 9.03. The second-order valence-corrected chi connectivity index (χ2v) is 6.01. The van der Waals surface area contributed by atoms with Crippen LogP contribution in [0.5, 0.6) is 0 Å². The van der Waals surface area contributed by atoms with Crippen LogP contribution in [0.1, 0.15) is 20.7 Å². The third-order valence-corrected chi connectivity index (χ3v) is 6.13. The topological polar surface area (TPSA) is 106 Å². The third kappa shape index (κ3) is 2.37. The van der Waals surface area contributed by atoms with E-state index in [0.29, 0.717) is 7.14 Å². The van der Waals surface area contributed by atoms with Crippen LogP contribution in [0.4, 0.5) is 5.69 Å². The molecule has 0 aromatic heterocycles. The number of carbonyl (C=O) groups excluding carboxylic acids is 1. The van der Waals surface area contributed by atoms with Gasteiger partial charge in [0.05, 0.1) is 20.4 Å². The predicted molar refractivity (Wildman–Crippen MR) is 84.5 cm³/mol. The van der Waals surface area contributed by atoms with Crippen molar-refractivity contribution >= 4 is 85.3 Å². The number of hydrogen-bond donors (Lipinski definition) is 3. The number of amides is 1. The van der Waals surface area contributed by atoms with E-state index in [0.717, 1.165) is 0 Å². The summed E-state index contributed by atoms with van der Waals surface area (Å²) in [6.45, 7) is 0. The maximum absolute atomic E-state index is 11.3. The van der Waals surface area contributed by atoms with Gasteiger partial charge in [-0.1, -0.05) is 0 Å². The highest BCUT2D eigenvalue weighted by Crippen LogP contribution is 2.33. The van der Waals surface area contributed by atoms with Crippen molar-refractivity contribution in [2.75, 3.05) is 5.73 Å². The summed E-state index contributed by atoms with van der Waals surface area (Å²) in [7, 11) is 0. The van der Waals surface area contributed by atoms with Crippen LogP contribution in [0.25, 0.3) is 0 Å². The van der Waals surface area contributed by atoms with Crippen molar-refractivity contribution in [1.29, 1.82) is 0 Å². The summed E-state index contributed by atoms with van der Waals surface area (Å²) in [5.41, 5.74) is 11.2. The van der Waals surface area contributed by atoms with Crippen LogP contribution in [0.15, 0.2) is 0 Å². The van der Waals surface area contributed by atoms with Gasteiger partial charge in [-0.3, -0.25) is 4.79 Å². The number of carbonyl (C=O) groups is 2. The number of carboxylic acid groups (broad SMARTS) is 1. The van der Waals surface area contributed by atoms with Crippen molar-refractivity contribution in [3.63, 3.8) is 0 Å². The van der Waals surface area contributed by atoms with Crippen molar-refractivity contribution in [2.24, 2.45) is 5.73 Å². The molecule has 1 aromatic rings. The fraction of sp³-hybridized carbons (Fsp3) is 0. The van der Waals surface area contributed by atoms with E-state index < -0.39 is 11.9 Å². The van der Waals surface area contributed by atoms with Gasteiger partial charge >= 0.3 is 5.97 Å². The van der Waals surface area contributed by atoms with Gasteiger partial charge in [0.15, 0.2) is 0 Å². The van der Waals surface area contributed by atoms with E-state index in [9.17, 15) is 9.59 Å². The zero-order valence-corrected chi connectivity index (χ0v) is 14.0. The van der Waals surface area contributed by atoms with Gasteiger partial charge in [0.1, 0.15) is 0 Å². The molecule has 0 aliphatic carbocycles. The first-order chi connectivity index (χ1) is 7.29. The zero-order valence-electron chi connectivity index (χ0n) is 7.55. The highest BCUT2D eigenvalue weighted by atomic mass is 127. The second-order valence-electron chi connectivity index (χ2n) is 2.78. The number of hydrogen-bond acceptors (Lipinski definition) is 3. The molecule has 8 heteroatoms. The number of anilines is 1. The second kappa shape index (κ2) is 5.20. The average Bonchev–Trinajstić information content (AvgIpc) is 2.13. The lowest BCUT2D eigenvalue weighted by molar-refractivity contribution is 0.0697. The molecule has 86 valence electrons. The SMILES string of the molecule is NC(=O)c1c(I)c(I)c(N)c(C(=O)O)c1I. The minimum Gasteiger partial charge on any atom is -0.478 e. The number of nitrogens with two attached hydrogens (primary N) is 2. The van der Waals surface area contributed by atoms with E-state index in [1.165, 1.54) is 0 Å². The van der Waals surface area contributed by atoms with E-state index in [1.54, 1.807) is 22.6 Å². The van der Waals surface area contributed by atoms with Crippen LogP contribution in [-0.4, -0.2) is 17.0 Å². The molecule has 5 nitrogen and oxygen atoms in total. The first-order valence-corrected chi connectivity index (χ1v) is 7.01. The molecule has 5 N–H and O–H groups in total. The molecule has 16 heavy (non-hydrogen) atoms. The Morgan fingerprint density at radius 2 is 1.50 bits per heavy atom.